The van der Waals surface area contributed by atoms with E-state index in [1.165, 1.54) is 6.92 Å². The average Bonchev–Trinajstić information content (AvgIpc) is 2.82. The minimum absolute atomic E-state index is 0.0581. The Morgan fingerprint density at radius 3 is 2.95 bits per heavy atom. The highest BCUT2D eigenvalue weighted by Gasteiger charge is 2.15. The molecule has 0 atom stereocenters. The van der Waals surface area contributed by atoms with E-state index in [9.17, 15) is 4.79 Å². The van der Waals surface area contributed by atoms with E-state index in [1.807, 2.05) is 18.2 Å². The van der Waals surface area contributed by atoms with Crippen LogP contribution in [-0.2, 0) is 9.53 Å². The van der Waals surface area contributed by atoms with Crippen LogP contribution in [0, 0.1) is 0 Å². The molecule has 100 valence electrons. The number of morpholine rings is 1. The number of carbonyl (C=O) groups excluding carboxylic acids is 1. The van der Waals surface area contributed by atoms with E-state index in [4.69, 9.17) is 4.74 Å². The fraction of sp³-hybridized carbons (Fsp3) is 0.385. The molecule has 1 fully saturated rings. The van der Waals surface area contributed by atoms with Crippen LogP contribution in [0.4, 0.5) is 10.8 Å². The van der Waals surface area contributed by atoms with Gasteiger partial charge in [-0.1, -0.05) is 11.3 Å². The molecule has 1 aromatic carbocycles. The molecule has 0 unspecified atom stereocenters. The molecule has 2 heterocycles. The summed E-state index contributed by atoms with van der Waals surface area (Å²) in [4.78, 5) is 17.9. The number of anilines is 2. The van der Waals surface area contributed by atoms with Crippen LogP contribution in [0.2, 0.25) is 0 Å². The van der Waals surface area contributed by atoms with Gasteiger partial charge < -0.3 is 15.0 Å². The number of amides is 1. The summed E-state index contributed by atoms with van der Waals surface area (Å²) in [6.45, 7) is 4.80. The minimum Gasteiger partial charge on any atom is -0.378 e. The molecule has 1 aliphatic heterocycles. The highest BCUT2D eigenvalue weighted by atomic mass is 32.1. The van der Waals surface area contributed by atoms with Crippen LogP contribution in [0.5, 0.6) is 0 Å². The summed E-state index contributed by atoms with van der Waals surface area (Å²) < 4.78 is 6.44. The number of ether oxygens (including phenoxy) is 1. The third kappa shape index (κ3) is 2.69. The van der Waals surface area contributed by atoms with Crippen LogP contribution in [-0.4, -0.2) is 37.2 Å². The maximum absolute atomic E-state index is 11.1. The molecule has 3 rings (SSSR count). The standard InChI is InChI=1S/C13H15N3O2S/c1-9(17)14-10-2-3-11-12(8-10)19-13(15-11)16-4-6-18-7-5-16/h2-3,8H,4-7H2,1H3,(H,14,17). The molecule has 5 nitrogen and oxygen atoms in total. The summed E-state index contributed by atoms with van der Waals surface area (Å²) in [5.74, 6) is -0.0581. The van der Waals surface area contributed by atoms with Gasteiger partial charge >= 0.3 is 0 Å². The molecule has 0 saturated carbocycles. The Kier molecular flexibility index (Phi) is 3.35. The molecule has 1 N–H and O–H groups in total. The highest BCUT2D eigenvalue weighted by molar-refractivity contribution is 7.22. The van der Waals surface area contributed by atoms with Crippen LogP contribution in [0.3, 0.4) is 0 Å². The van der Waals surface area contributed by atoms with Gasteiger partial charge in [-0.05, 0) is 18.2 Å². The Morgan fingerprint density at radius 1 is 1.42 bits per heavy atom. The van der Waals surface area contributed by atoms with Crippen LogP contribution in [0.15, 0.2) is 18.2 Å². The van der Waals surface area contributed by atoms with Gasteiger partial charge in [0.2, 0.25) is 5.91 Å². The van der Waals surface area contributed by atoms with Gasteiger partial charge in [-0.2, -0.15) is 0 Å². The maximum atomic E-state index is 11.1. The molecule has 6 heteroatoms. The minimum atomic E-state index is -0.0581. The first-order valence-electron chi connectivity index (χ1n) is 6.23. The molecule has 0 bridgehead atoms. The predicted octanol–water partition coefficient (Wildman–Crippen LogP) is 2.09. The van der Waals surface area contributed by atoms with Gasteiger partial charge in [0.15, 0.2) is 5.13 Å². The van der Waals surface area contributed by atoms with E-state index < -0.39 is 0 Å². The van der Waals surface area contributed by atoms with Crippen molar-refractivity contribution < 1.29 is 9.53 Å². The number of benzene rings is 1. The topological polar surface area (TPSA) is 54.5 Å². The lowest BCUT2D eigenvalue weighted by atomic mass is 10.3. The van der Waals surface area contributed by atoms with Gasteiger partial charge in [0, 0.05) is 25.7 Å². The van der Waals surface area contributed by atoms with Crippen molar-refractivity contribution in [2.75, 3.05) is 36.5 Å². The Balaban J connectivity index is 1.89. The van der Waals surface area contributed by atoms with Crippen LogP contribution in [0.1, 0.15) is 6.92 Å². The molecular formula is C13H15N3O2S. The lowest BCUT2D eigenvalue weighted by molar-refractivity contribution is -0.114. The second kappa shape index (κ2) is 5.14. The monoisotopic (exact) mass is 277 g/mol. The number of nitrogens with zero attached hydrogens (tertiary/aromatic N) is 2. The van der Waals surface area contributed by atoms with Gasteiger partial charge in [-0.25, -0.2) is 4.98 Å². The summed E-state index contributed by atoms with van der Waals surface area (Å²) in [7, 11) is 0. The Labute approximate surface area is 115 Å². The zero-order valence-electron chi connectivity index (χ0n) is 10.7. The molecule has 0 radical (unpaired) electrons. The van der Waals surface area contributed by atoms with E-state index >= 15 is 0 Å². The molecule has 1 saturated heterocycles. The lowest BCUT2D eigenvalue weighted by Crippen LogP contribution is -2.36. The van der Waals surface area contributed by atoms with Crippen LogP contribution >= 0.6 is 11.3 Å². The third-order valence-electron chi connectivity index (χ3n) is 2.98. The number of aromatic nitrogens is 1. The van der Waals surface area contributed by atoms with Gasteiger partial charge in [0.1, 0.15) is 0 Å². The SMILES string of the molecule is CC(=O)Nc1ccc2nc(N3CCOCC3)sc2c1. The summed E-state index contributed by atoms with van der Waals surface area (Å²) in [5, 5.41) is 3.82. The average molecular weight is 277 g/mol. The van der Waals surface area contributed by atoms with Crippen LogP contribution < -0.4 is 10.2 Å². The first-order valence-corrected chi connectivity index (χ1v) is 7.05. The number of hydrogen-bond donors (Lipinski definition) is 1. The molecule has 1 aromatic heterocycles. The van der Waals surface area contributed by atoms with Crippen molar-refractivity contribution in [3.8, 4) is 0 Å². The second-order valence-corrected chi connectivity index (χ2v) is 5.47. The molecule has 2 aromatic rings. The largest absolute Gasteiger partial charge is 0.378 e. The van der Waals surface area contributed by atoms with Crippen molar-refractivity contribution in [1.82, 2.24) is 4.98 Å². The predicted molar refractivity (Wildman–Crippen MR) is 77.0 cm³/mol. The first-order chi connectivity index (χ1) is 9.22. The molecule has 0 aliphatic carbocycles. The smallest absolute Gasteiger partial charge is 0.221 e. The number of fused-ring (bicyclic) bond motifs is 1. The van der Waals surface area contributed by atoms with E-state index in [0.717, 1.165) is 47.3 Å². The Morgan fingerprint density at radius 2 is 2.21 bits per heavy atom. The summed E-state index contributed by atoms with van der Waals surface area (Å²) in [6, 6.07) is 5.80. The van der Waals surface area contributed by atoms with Gasteiger partial charge in [-0.3, -0.25) is 4.79 Å². The normalized spacial score (nSPS) is 15.7. The number of nitrogens with one attached hydrogen (secondary N) is 1. The van der Waals surface area contributed by atoms with E-state index in [0.29, 0.717) is 0 Å². The molecule has 1 aliphatic rings. The van der Waals surface area contributed by atoms with Crippen molar-refractivity contribution in [1.29, 1.82) is 0 Å². The third-order valence-corrected chi connectivity index (χ3v) is 4.06. The first kappa shape index (κ1) is 12.4. The molecule has 1 amide bonds. The van der Waals surface area contributed by atoms with E-state index in [2.05, 4.69) is 15.2 Å². The number of thiazole rings is 1. The van der Waals surface area contributed by atoms with Crippen molar-refractivity contribution in [2.45, 2.75) is 6.92 Å². The van der Waals surface area contributed by atoms with E-state index in [-0.39, 0.29) is 5.91 Å². The van der Waals surface area contributed by atoms with Crippen molar-refractivity contribution in [3.05, 3.63) is 18.2 Å². The lowest BCUT2D eigenvalue weighted by Gasteiger charge is -2.25. The second-order valence-electron chi connectivity index (χ2n) is 4.46. The van der Waals surface area contributed by atoms with Gasteiger partial charge in [0.25, 0.3) is 0 Å². The van der Waals surface area contributed by atoms with Crippen molar-refractivity contribution in [2.24, 2.45) is 0 Å². The van der Waals surface area contributed by atoms with Gasteiger partial charge in [-0.15, -0.1) is 0 Å². The van der Waals surface area contributed by atoms with Crippen molar-refractivity contribution >= 4 is 38.3 Å². The Bertz CT molecular complexity index is 605. The van der Waals surface area contributed by atoms with Gasteiger partial charge in [0.05, 0.1) is 23.4 Å². The fourth-order valence-electron chi connectivity index (χ4n) is 2.08. The fourth-order valence-corrected chi connectivity index (χ4v) is 3.14. The van der Waals surface area contributed by atoms with Crippen molar-refractivity contribution in [3.63, 3.8) is 0 Å². The number of hydrogen-bond acceptors (Lipinski definition) is 5. The molecule has 0 spiro atoms. The quantitative estimate of drug-likeness (QED) is 0.913. The van der Waals surface area contributed by atoms with Crippen LogP contribution in [0.25, 0.3) is 10.2 Å². The zero-order valence-corrected chi connectivity index (χ0v) is 11.5. The van der Waals surface area contributed by atoms with E-state index in [1.54, 1.807) is 11.3 Å². The number of rotatable bonds is 2. The molecule has 19 heavy (non-hydrogen) atoms. The summed E-state index contributed by atoms with van der Waals surface area (Å²) in [6.07, 6.45) is 0. The summed E-state index contributed by atoms with van der Waals surface area (Å²) in [5.41, 5.74) is 1.79. The highest BCUT2D eigenvalue weighted by Crippen LogP contribution is 2.31. The summed E-state index contributed by atoms with van der Waals surface area (Å²) >= 11 is 1.65. The number of carbonyl (C=O) groups is 1. The maximum Gasteiger partial charge on any atom is 0.221 e. The Hall–Kier alpha value is -1.66. The molecular weight excluding hydrogens is 262 g/mol. The zero-order chi connectivity index (χ0) is 13.2.